The van der Waals surface area contributed by atoms with Crippen molar-refractivity contribution >= 4 is 15.6 Å². The van der Waals surface area contributed by atoms with E-state index in [-0.39, 0.29) is 11.0 Å². The van der Waals surface area contributed by atoms with Gasteiger partial charge >= 0.3 is 0 Å². The Bertz CT molecular complexity index is 886. The van der Waals surface area contributed by atoms with E-state index in [0.29, 0.717) is 23.5 Å². The molecule has 0 N–H and O–H groups in total. The van der Waals surface area contributed by atoms with Crippen molar-refractivity contribution < 1.29 is 13.2 Å². The minimum Gasteiger partial charge on any atom is -0.489 e. The molecule has 1 aliphatic carbocycles. The second-order valence-electron chi connectivity index (χ2n) is 8.19. The fourth-order valence-electron chi connectivity index (χ4n) is 4.00. The lowest BCUT2D eigenvalue weighted by Crippen LogP contribution is -2.34. The Kier molecular flexibility index (Phi) is 6.61. The molecular weight excluding hydrogens is 368 g/mol. The molecule has 0 amide bonds. The minimum absolute atomic E-state index is 0.0289. The molecular formula is C24H30O3S. The SMILES string of the molecule is CC(C)[C@@H]1CC[C@@H](C)C[C@H]1O/C(=C\S(=O)(=O)c1ccccc1)c1ccccc1. The van der Waals surface area contributed by atoms with Crippen molar-refractivity contribution in [2.24, 2.45) is 17.8 Å². The van der Waals surface area contributed by atoms with Crippen LogP contribution in [0.15, 0.2) is 71.0 Å². The number of ether oxygens (including phenoxy) is 1. The van der Waals surface area contributed by atoms with Gasteiger partial charge in [0.15, 0.2) is 0 Å². The molecule has 3 nitrogen and oxygen atoms in total. The Balaban J connectivity index is 1.98. The molecule has 28 heavy (non-hydrogen) atoms. The molecule has 0 aromatic heterocycles. The molecule has 0 spiro atoms. The molecule has 0 unspecified atom stereocenters. The van der Waals surface area contributed by atoms with Gasteiger partial charge < -0.3 is 4.74 Å². The number of rotatable bonds is 6. The van der Waals surface area contributed by atoms with E-state index in [1.807, 2.05) is 36.4 Å². The van der Waals surface area contributed by atoms with Gasteiger partial charge in [-0.25, -0.2) is 8.42 Å². The summed E-state index contributed by atoms with van der Waals surface area (Å²) < 4.78 is 32.4. The van der Waals surface area contributed by atoms with Gasteiger partial charge in [0, 0.05) is 5.56 Å². The van der Waals surface area contributed by atoms with Crippen LogP contribution in [0, 0.1) is 17.8 Å². The van der Waals surface area contributed by atoms with Crippen LogP contribution in [0.25, 0.3) is 5.76 Å². The predicted molar refractivity (Wildman–Crippen MR) is 114 cm³/mol. The molecule has 3 rings (SSSR count). The summed E-state index contributed by atoms with van der Waals surface area (Å²) in [4.78, 5) is 0.282. The molecule has 4 heteroatoms. The van der Waals surface area contributed by atoms with Gasteiger partial charge in [-0.3, -0.25) is 0 Å². The Hall–Kier alpha value is -2.07. The zero-order chi connectivity index (χ0) is 20.1. The summed E-state index contributed by atoms with van der Waals surface area (Å²) in [6.07, 6.45) is 3.31. The van der Waals surface area contributed by atoms with Gasteiger partial charge in [0.2, 0.25) is 9.84 Å². The minimum atomic E-state index is -3.60. The first-order valence-corrected chi connectivity index (χ1v) is 11.7. The maximum absolute atomic E-state index is 13.0. The number of benzene rings is 2. The van der Waals surface area contributed by atoms with Crippen LogP contribution in [0.5, 0.6) is 0 Å². The Morgan fingerprint density at radius 2 is 1.61 bits per heavy atom. The van der Waals surface area contributed by atoms with Crippen LogP contribution in [0.2, 0.25) is 0 Å². The largest absolute Gasteiger partial charge is 0.489 e. The first-order valence-electron chi connectivity index (χ1n) is 10.1. The average molecular weight is 399 g/mol. The van der Waals surface area contributed by atoms with Crippen LogP contribution in [0.3, 0.4) is 0 Å². The predicted octanol–water partition coefficient (Wildman–Crippen LogP) is 5.94. The second kappa shape index (κ2) is 8.95. The molecule has 1 aliphatic rings. The Labute approximate surface area is 169 Å². The topological polar surface area (TPSA) is 43.4 Å². The molecule has 1 saturated carbocycles. The van der Waals surface area contributed by atoms with Crippen LogP contribution < -0.4 is 0 Å². The molecule has 2 aromatic rings. The first-order chi connectivity index (χ1) is 13.4. The Morgan fingerprint density at radius 1 is 1.00 bits per heavy atom. The van der Waals surface area contributed by atoms with E-state index in [1.54, 1.807) is 24.3 Å². The highest BCUT2D eigenvalue weighted by Crippen LogP contribution is 2.38. The fraction of sp³-hybridized carbons (Fsp3) is 0.417. The van der Waals surface area contributed by atoms with Crippen LogP contribution >= 0.6 is 0 Å². The smallest absolute Gasteiger partial charge is 0.203 e. The molecule has 2 aromatic carbocycles. The fourth-order valence-corrected chi connectivity index (χ4v) is 5.14. The quantitative estimate of drug-likeness (QED) is 0.566. The maximum atomic E-state index is 13.0. The van der Waals surface area contributed by atoms with Crippen LogP contribution in [0.4, 0.5) is 0 Å². The summed E-state index contributed by atoms with van der Waals surface area (Å²) in [5, 5.41) is 1.30. The third kappa shape index (κ3) is 5.05. The van der Waals surface area contributed by atoms with E-state index >= 15 is 0 Å². The highest BCUT2D eigenvalue weighted by Gasteiger charge is 2.33. The highest BCUT2D eigenvalue weighted by molar-refractivity contribution is 7.94. The molecule has 150 valence electrons. The number of hydrogen-bond donors (Lipinski definition) is 0. The van der Waals surface area contributed by atoms with Crippen molar-refractivity contribution in [3.05, 3.63) is 71.6 Å². The van der Waals surface area contributed by atoms with E-state index in [2.05, 4.69) is 20.8 Å². The van der Waals surface area contributed by atoms with Crippen molar-refractivity contribution in [2.45, 2.75) is 51.0 Å². The van der Waals surface area contributed by atoms with Crippen molar-refractivity contribution in [3.8, 4) is 0 Å². The van der Waals surface area contributed by atoms with Crippen LogP contribution in [-0.2, 0) is 14.6 Å². The van der Waals surface area contributed by atoms with Gasteiger partial charge in [-0.2, -0.15) is 0 Å². The first kappa shape index (κ1) is 20.7. The number of hydrogen-bond acceptors (Lipinski definition) is 3. The second-order valence-corrected chi connectivity index (χ2v) is 9.99. The highest BCUT2D eigenvalue weighted by atomic mass is 32.2. The zero-order valence-corrected chi connectivity index (χ0v) is 17.7. The summed E-state index contributed by atoms with van der Waals surface area (Å²) in [5.74, 6) is 1.96. The van der Waals surface area contributed by atoms with E-state index in [4.69, 9.17) is 4.74 Å². The van der Waals surface area contributed by atoms with E-state index in [9.17, 15) is 8.42 Å². The zero-order valence-electron chi connectivity index (χ0n) is 16.9. The monoisotopic (exact) mass is 398 g/mol. The van der Waals surface area contributed by atoms with Crippen molar-refractivity contribution in [1.82, 2.24) is 0 Å². The van der Waals surface area contributed by atoms with Gasteiger partial charge in [0.05, 0.1) is 10.3 Å². The lowest BCUT2D eigenvalue weighted by atomic mass is 9.75. The van der Waals surface area contributed by atoms with Crippen LogP contribution in [0.1, 0.15) is 45.6 Å². The molecule has 0 aliphatic heterocycles. The van der Waals surface area contributed by atoms with Gasteiger partial charge in [-0.05, 0) is 42.7 Å². The summed E-state index contributed by atoms with van der Waals surface area (Å²) in [5.41, 5.74) is 0.794. The normalized spacial score (nSPS) is 23.6. The summed E-state index contributed by atoms with van der Waals surface area (Å²) in [6, 6.07) is 18.1. The lowest BCUT2D eigenvalue weighted by molar-refractivity contribution is 0.0260. The van der Waals surface area contributed by atoms with E-state index in [0.717, 1.165) is 18.4 Å². The van der Waals surface area contributed by atoms with Crippen molar-refractivity contribution in [1.29, 1.82) is 0 Å². The maximum Gasteiger partial charge on any atom is 0.203 e. The van der Waals surface area contributed by atoms with Crippen molar-refractivity contribution in [3.63, 3.8) is 0 Å². The standard InChI is InChI=1S/C24H30O3S/c1-18(2)22-15-14-19(3)16-23(22)27-24(20-10-6-4-7-11-20)17-28(25,26)21-12-8-5-9-13-21/h4-13,17-19,22-23H,14-16H2,1-3H3/b24-17-/t19-,22+,23-/m1/s1. The van der Waals surface area contributed by atoms with Gasteiger partial charge in [-0.15, -0.1) is 0 Å². The molecule has 0 radical (unpaired) electrons. The summed E-state index contributed by atoms with van der Waals surface area (Å²) >= 11 is 0. The van der Waals surface area contributed by atoms with Crippen LogP contribution in [-0.4, -0.2) is 14.5 Å². The van der Waals surface area contributed by atoms with E-state index < -0.39 is 9.84 Å². The van der Waals surface area contributed by atoms with Gasteiger partial charge in [0.25, 0.3) is 0 Å². The Morgan fingerprint density at radius 3 is 2.21 bits per heavy atom. The number of sulfone groups is 1. The molecule has 3 atom stereocenters. The molecule has 0 bridgehead atoms. The summed E-state index contributed by atoms with van der Waals surface area (Å²) in [6.45, 7) is 6.70. The third-order valence-electron chi connectivity index (χ3n) is 5.63. The van der Waals surface area contributed by atoms with Gasteiger partial charge in [0.1, 0.15) is 11.9 Å². The van der Waals surface area contributed by atoms with Crippen molar-refractivity contribution in [2.75, 3.05) is 0 Å². The lowest BCUT2D eigenvalue weighted by Gasteiger charge is -2.37. The third-order valence-corrected chi connectivity index (χ3v) is 7.09. The molecule has 0 saturated heterocycles. The van der Waals surface area contributed by atoms with E-state index in [1.165, 1.54) is 11.8 Å². The summed E-state index contributed by atoms with van der Waals surface area (Å²) in [7, 11) is -3.60. The van der Waals surface area contributed by atoms with Gasteiger partial charge in [-0.1, -0.05) is 75.7 Å². The molecule has 0 heterocycles. The average Bonchev–Trinajstić information content (AvgIpc) is 2.68. The molecule has 1 fully saturated rings.